The summed E-state index contributed by atoms with van der Waals surface area (Å²) in [4.78, 5) is 22.8. The maximum atomic E-state index is 12.2. The van der Waals surface area contributed by atoms with E-state index in [4.69, 9.17) is 5.11 Å². The van der Waals surface area contributed by atoms with Crippen molar-refractivity contribution in [1.82, 2.24) is 0 Å². The summed E-state index contributed by atoms with van der Waals surface area (Å²) < 4.78 is 0. The molecule has 2 aliphatic rings. The quantitative estimate of drug-likeness (QED) is 0.344. The molecule has 5 nitrogen and oxygen atoms in total. The molecule has 4 unspecified atom stereocenters. The molecule has 2 rings (SSSR count). The largest absolute Gasteiger partial charge is 0.481 e. The highest BCUT2D eigenvalue weighted by atomic mass is 16.4. The van der Waals surface area contributed by atoms with E-state index in [1.165, 1.54) is 6.42 Å². The van der Waals surface area contributed by atoms with Crippen molar-refractivity contribution in [2.24, 2.45) is 17.3 Å². The molecular formula is C23H36O5. The highest BCUT2D eigenvalue weighted by Gasteiger charge is 2.42. The molecule has 0 aromatic heterocycles. The van der Waals surface area contributed by atoms with Crippen LogP contribution in [0.5, 0.6) is 0 Å². The molecule has 0 aliphatic heterocycles. The zero-order valence-corrected chi connectivity index (χ0v) is 17.1. The van der Waals surface area contributed by atoms with Crippen molar-refractivity contribution in [3.05, 3.63) is 24.3 Å². The summed E-state index contributed by atoms with van der Waals surface area (Å²) in [6.07, 6.45) is 15.0. The van der Waals surface area contributed by atoms with Crippen molar-refractivity contribution in [1.29, 1.82) is 0 Å². The molecule has 3 N–H and O–H groups in total. The van der Waals surface area contributed by atoms with Crippen LogP contribution in [0.3, 0.4) is 0 Å². The van der Waals surface area contributed by atoms with Crippen molar-refractivity contribution in [3.8, 4) is 0 Å². The molecule has 2 aliphatic carbocycles. The summed E-state index contributed by atoms with van der Waals surface area (Å²) in [5, 5.41) is 29.6. The number of carbonyl (C=O) groups is 2. The van der Waals surface area contributed by atoms with Crippen LogP contribution in [0, 0.1) is 17.3 Å². The van der Waals surface area contributed by atoms with Crippen molar-refractivity contribution in [2.45, 2.75) is 89.8 Å². The number of aliphatic carboxylic acids is 1. The number of unbranched alkanes of at least 4 members (excludes halogenated alkanes) is 1. The number of ketones is 1. The van der Waals surface area contributed by atoms with Gasteiger partial charge in [-0.3, -0.25) is 9.59 Å². The predicted molar refractivity (Wildman–Crippen MR) is 109 cm³/mol. The van der Waals surface area contributed by atoms with Gasteiger partial charge in [-0.1, -0.05) is 44.1 Å². The van der Waals surface area contributed by atoms with Gasteiger partial charge in [0.25, 0.3) is 0 Å². The lowest BCUT2D eigenvalue weighted by Crippen LogP contribution is -2.41. The minimum Gasteiger partial charge on any atom is -0.481 e. The first kappa shape index (κ1) is 22.8. The number of carboxylic acids is 1. The van der Waals surface area contributed by atoms with Crippen LogP contribution >= 0.6 is 0 Å². The van der Waals surface area contributed by atoms with Crippen molar-refractivity contribution < 1.29 is 24.9 Å². The van der Waals surface area contributed by atoms with Gasteiger partial charge in [0.2, 0.25) is 0 Å². The molecule has 0 bridgehead atoms. The minimum absolute atomic E-state index is 0.0707. The fourth-order valence-electron chi connectivity index (χ4n) is 4.75. The molecule has 4 atom stereocenters. The third-order valence-electron chi connectivity index (χ3n) is 6.57. The smallest absolute Gasteiger partial charge is 0.303 e. The second-order valence-electron chi connectivity index (χ2n) is 8.56. The number of Topliss-reactive ketones (excluding diaryl/α,β-unsaturated/α-hetero) is 1. The number of hydrogen-bond donors (Lipinski definition) is 3. The Morgan fingerprint density at radius 1 is 1.29 bits per heavy atom. The Bertz CT molecular complexity index is 576. The van der Waals surface area contributed by atoms with Crippen molar-refractivity contribution in [3.63, 3.8) is 0 Å². The Kier molecular flexibility index (Phi) is 8.90. The van der Waals surface area contributed by atoms with E-state index in [1.54, 1.807) is 0 Å². The number of rotatable bonds is 12. The molecule has 28 heavy (non-hydrogen) atoms. The van der Waals surface area contributed by atoms with Crippen LogP contribution in [0.1, 0.15) is 77.6 Å². The molecule has 0 spiro atoms. The third-order valence-corrected chi connectivity index (χ3v) is 6.57. The van der Waals surface area contributed by atoms with Gasteiger partial charge in [-0.15, -0.1) is 0 Å². The molecule has 0 aromatic rings. The van der Waals surface area contributed by atoms with Crippen molar-refractivity contribution in [2.75, 3.05) is 0 Å². The van der Waals surface area contributed by atoms with E-state index in [9.17, 15) is 19.8 Å². The van der Waals surface area contributed by atoms with Gasteiger partial charge in [0.1, 0.15) is 5.78 Å². The van der Waals surface area contributed by atoms with E-state index in [0.717, 1.165) is 25.7 Å². The second kappa shape index (κ2) is 10.9. The van der Waals surface area contributed by atoms with Crippen LogP contribution in [-0.4, -0.2) is 39.3 Å². The number of carbonyl (C=O) groups excluding carboxylic acids is 1. The Hall–Kier alpha value is -1.46. The summed E-state index contributed by atoms with van der Waals surface area (Å²) in [5.74, 6) is -1.14. The first-order valence-corrected chi connectivity index (χ1v) is 10.8. The standard InChI is InChI=1S/C23H36O5/c1-2-13-23(14-8-15-23)21(26)11-7-10-18-17(19(24)16-20(18)25)9-5-3-4-6-12-22(27)28/h3,5,7,10,17-18,20-21,25-26H,2,4,6,8-9,11-16H2,1H3,(H,27,28)/b5-3+,10-7+. The molecule has 2 fully saturated rings. The van der Waals surface area contributed by atoms with Gasteiger partial charge in [-0.2, -0.15) is 0 Å². The lowest BCUT2D eigenvalue weighted by Gasteiger charge is -2.45. The zero-order chi connectivity index (χ0) is 20.6. The lowest BCUT2D eigenvalue weighted by molar-refractivity contribution is -0.137. The molecule has 158 valence electrons. The topological polar surface area (TPSA) is 94.8 Å². The third kappa shape index (κ3) is 6.02. The van der Waals surface area contributed by atoms with Gasteiger partial charge >= 0.3 is 5.97 Å². The van der Waals surface area contributed by atoms with Crippen LogP contribution < -0.4 is 0 Å². The molecule has 5 heteroatoms. The Morgan fingerprint density at radius 2 is 2.04 bits per heavy atom. The van der Waals surface area contributed by atoms with Crippen LogP contribution in [0.25, 0.3) is 0 Å². The van der Waals surface area contributed by atoms with Crippen LogP contribution in [0.4, 0.5) is 0 Å². The Balaban J connectivity index is 1.85. The van der Waals surface area contributed by atoms with Crippen LogP contribution in [0.2, 0.25) is 0 Å². The Labute approximate surface area is 168 Å². The van der Waals surface area contributed by atoms with E-state index >= 15 is 0 Å². The van der Waals surface area contributed by atoms with Gasteiger partial charge in [0, 0.05) is 24.7 Å². The molecular weight excluding hydrogens is 356 g/mol. The SMILES string of the molecule is CCCC1(C(O)C/C=C/C2C(O)CC(=O)C2C/C=C/CCCC(=O)O)CCC1. The fraction of sp³-hybridized carbons (Fsp3) is 0.739. The number of hydrogen-bond acceptors (Lipinski definition) is 4. The maximum absolute atomic E-state index is 12.2. The van der Waals surface area contributed by atoms with Crippen LogP contribution in [0.15, 0.2) is 24.3 Å². The molecule has 0 saturated heterocycles. The average molecular weight is 393 g/mol. The molecule has 0 aromatic carbocycles. The number of carboxylic acid groups (broad SMARTS) is 1. The molecule has 0 amide bonds. The van der Waals surface area contributed by atoms with Gasteiger partial charge in [0.05, 0.1) is 12.2 Å². The normalized spacial score (nSPS) is 28.1. The highest BCUT2D eigenvalue weighted by molar-refractivity contribution is 5.84. The van der Waals surface area contributed by atoms with Crippen LogP contribution in [-0.2, 0) is 9.59 Å². The summed E-state index contributed by atoms with van der Waals surface area (Å²) in [6.45, 7) is 2.16. The minimum atomic E-state index is -0.794. The molecule has 0 radical (unpaired) electrons. The summed E-state index contributed by atoms with van der Waals surface area (Å²) >= 11 is 0. The number of aliphatic hydroxyl groups excluding tert-OH is 2. The first-order valence-electron chi connectivity index (χ1n) is 10.8. The number of allylic oxidation sites excluding steroid dienone is 2. The lowest BCUT2D eigenvalue weighted by atomic mass is 9.62. The maximum Gasteiger partial charge on any atom is 0.303 e. The van der Waals surface area contributed by atoms with Gasteiger partial charge < -0.3 is 15.3 Å². The number of aliphatic hydroxyl groups is 2. The average Bonchev–Trinajstić information content (AvgIpc) is 2.87. The molecule has 2 saturated carbocycles. The van der Waals surface area contributed by atoms with Crippen molar-refractivity contribution >= 4 is 11.8 Å². The fourth-order valence-corrected chi connectivity index (χ4v) is 4.75. The van der Waals surface area contributed by atoms with Gasteiger partial charge in [0.15, 0.2) is 0 Å². The second-order valence-corrected chi connectivity index (χ2v) is 8.56. The monoisotopic (exact) mass is 392 g/mol. The van der Waals surface area contributed by atoms with Gasteiger partial charge in [-0.25, -0.2) is 0 Å². The summed E-state index contributed by atoms with van der Waals surface area (Å²) in [6, 6.07) is 0. The van der Waals surface area contributed by atoms with E-state index < -0.39 is 12.1 Å². The summed E-state index contributed by atoms with van der Waals surface area (Å²) in [7, 11) is 0. The highest BCUT2D eigenvalue weighted by Crippen LogP contribution is 2.48. The predicted octanol–water partition coefficient (Wildman–Crippen LogP) is 4.03. The Morgan fingerprint density at radius 3 is 2.64 bits per heavy atom. The van der Waals surface area contributed by atoms with E-state index in [2.05, 4.69) is 6.92 Å². The summed E-state index contributed by atoms with van der Waals surface area (Å²) in [5.41, 5.74) is 0.0707. The van der Waals surface area contributed by atoms with E-state index in [1.807, 2.05) is 24.3 Å². The van der Waals surface area contributed by atoms with E-state index in [-0.39, 0.29) is 42.0 Å². The van der Waals surface area contributed by atoms with Gasteiger partial charge in [-0.05, 0) is 50.4 Å². The molecule has 0 heterocycles. The van der Waals surface area contributed by atoms with E-state index in [0.29, 0.717) is 25.7 Å². The first-order chi connectivity index (χ1) is 13.4. The zero-order valence-electron chi connectivity index (χ0n) is 17.1.